The van der Waals surface area contributed by atoms with E-state index in [2.05, 4.69) is 12.6 Å². The molecule has 0 bridgehead atoms. The van der Waals surface area contributed by atoms with Crippen molar-refractivity contribution in [3.8, 4) is 0 Å². The standard InChI is InChI=1S/C7H6O3S/c8-6(7(9)11)4-5-2-1-3-10-5/h1-3H,4H2,(H,9,11). The minimum Gasteiger partial charge on any atom is -0.469 e. The number of rotatable bonds is 3. The summed E-state index contributed by atoms with van der Waals surface area (Å²) in [6, 6.07) is 3.29. The van der Waals surface area contributed by atoms with E-state index in [1.807, 2.05) is 0 Å². The lowest BCUT2D eigenvalue weighted by Gasteiger charge is -1.89. The smallest absolute Gasteiger partial charge is 0.252 e. The van der Waals surface area contributed by atoms with Crippen molar-refractivity contribution >= 4 is 23.5 Å². The summed E-state index contributed by atoms with van der Waals surface area (Å²) in [7, 11) is 0. The van der Waals surface area contributed by atoms with Crippen LogP contribution in [0.3, 0.4) is 0 Å². The largest absolute Gasteiger partial charge is 0.469 e. The third-order valence-corrected chi connectivity index (χ3v) is 1.40. The minimum absolute atomic E-state index is 0.00463. The van der Waals surface area contributed by atoms with E-state index in [1.165, 1.54) is 6.26 Å². The Labute approximate surface area is 68.8 Å². The summed E-state index contributed by atoms with van der Waals surface area (Å²) in [6.07, 6.45) is 1.45. The Balaban J connectivity index is 2.57. The van der Waals surface area contributed by atoms with Gasteiger partial charge in [0.25, 0.3) is 5.12 Å². The number of carbonyl (C=O) groups excluding carboxylic acids is 2. The molecule has 0 saturated heterocycles. The first-order valence-corrected chi connectivity index (χ1v) is 3.43. The molecule has 1 rings (SSSR count). The first kappa shape index (κ1) is 8.07. The fraction of sp³-hybridized carbons (Fsp3) is 0.143. The molecule has 0 N–H and O–H groups in total. The third kappa shape index (κ3) is 2.23. The van der Waals surface area contributed by atoms with Crippen molar-refractivity contribution in [1.82, 2.24) is 0 Å². The highest BCUT2D eigenvalue weighted by atomic mass is 32.1. The van der Waals surface area contributed by atoms with Gasteiger partial charge in [-0.25, -0.2) is 0 Å². The quantitative estimate of drug-likeness (QED) is 0.540. The van der Waals surface area contributed by atoms with Crippen molar-refractivity contribution in [2.24, 2.45) is 0 Å². The molecular formula is C7H6O3S. The average Bonchev–Trinajstić information content (AvgIpc) is 2.39. The summed E-state index contributed by atoms with van der Waals surface area (Å²) >= 11 is 3.37. The van der Waals surface area contributed by atoms with Gasteiger partial charge in [-0.1, -0.05) is 12.6 Å². The summed E-state index contributed by atoms with van der Waals surface area (Å²) in [5.74, 6) is -0.0688. The van der Waals surface area contributed by atoms with E-state index in [4.69, 9.17) is 4.42 Å². The van der Waals surface area contributed by atoms with Gasteiger partial charge in [0.2, 0.25) is 5.78 Å². The van der Waals surface area contributed by atoms with Gasteiger partial charge in [0.05, 0.1) is 12.7 Å². The summed E-state index contributed by atoms with van der Waals surface area (Å²) in [5.41, 5.74) is 0. The van der Waals surface area contributed by atoms with Crippen molar-refractivity contribution in [2.75, 3.05) is 0 Å². The molecule has 3 nitrogen and oxygen atoms in total. The maximum atomic E-state index is 10.7. The van der Waals surface area contributed by atoms with Crippen LogP contribution < -0.4 is 0 Å². The molecule has 0 spiro atoms. The van der Waals surface area contributed by atoms with E-state index in [0.717, 1.165) is 0 Å². The highest BCUT2D eigenvalue weighted by Gasteiger charge is 2.10. The van der Waals surface area contributed by atoms with Gasteiger partial charge in [-0.2, -0.15) is 0 Å². The number of thiol groups is 1. The second kappa shape index (κ2) is 3.39. The van der Waals surface area contributed by atoms with Gasteiger partial charge in [0.1, 0.15) is 5.76 Å². The molecule has 0 radical (unpaired) electrons. The Morgan fingerprint density at radius 2 is 2.27 bits per heavy atom. The number of hydrogen-bond acceptors (Lipinski definition) is 3. The Bertz CT molecular complexity index is 263. The number of Topliss-reactive ketones (excluding diaryl/α,β-unsaturated/α-hetero) is 1. The number of carbonyl (C=O) groups is 2. The molecule has 1 aromatic heterocycles. The van der Waals surface area contributed by atoms with Crippen LogP contribution in [-0.2, 0) is 16.0 Å². The topological polar surface area (TPSA) is 47.3 Å². The Kier molecular flexibility index (Phi) is 2.48. The molecule has 11 heavy (non-hydrogen) atoms. The van der Waals surface area contributed by atoms with Crippen LogP contribution in [0, 0.1) is 0 Å². The van der Waals surface area contributed by atoms with E-state index < -0.39 is 10.9 Å². The zero-order valence-corrected chi connectivity index (χ0v) is 6.51. The molecule has 0 aliphatic rings. The molecule has 0 amide bonds. The summed E-state index contributed by atoms with van der Waals surface area (Å²) < 4.78 is 4.85. The van der Waals surface area contributed by atoms with Crippen LogP contribution in [-0.4, -0.2) is 10.9 Å². The van der Waals surface area contributed by atoms with E-state index in [1.54, 1.807) is 12.1 Å². The Morgan fingerprint density at radius 3 is 2.73 bits per heavy atom. The highest BCUT2D eigenvalue weighted by molar-refractivity contribution is 7.98. The van der Waals surface area contributed by atoms with Crippen LogP contribution in [0.2, 0.25) is 0 Å². The molecule has 4 heteroatoms. The normalized spacial score (nSPS) is 9.55. The molecule has 0 aromatic carbocycles. The molecule has 1 aromatic rings. The van der Waals surface area contributed by atoms with Gasteiger partial charge in [-0.3, -0.25) is 9.59 Å². The van der Waals surface area contributed by atoms with Crippen LogP contribution in [0.5, 0.6) is 0 Å². The summed E-state index contributed by atoms with van der Waals surface area (Å²) in [4.78, 5) is 21.1. The van der Waals surface area contributed by atoms with Crippen LogP contribution >= 0.6 is 12.6 Å². The Morgan fingerprint density at radius 1 is 1.55 bits per heavy atom. The lowest BCUT2D eigenvalue weighted by atomic mass is 10.2. The van der Waals surface area contributed by atoms with E-state index in [-0.39, 0.29) is 6.42 Å². The fourth-order valence-electron chi connectivity index (χ4n) is 0.647. The minimum atomic E-state index is -0.735. The van der Waals surface area contributed by atoms with Crippen LogP contribution in [0.1, 0.15) is 5.76 Å². The molecule has 0 atom stereocenters. The summed E-state index contributed by atoms with van der Waals surface area (Å²) in [5, 5.41) is -0.735. The molecule has 0 aliphatic heterocycles. The maximum absolute atomic E-state index is 10.7. The second-order valence-corrected chi connectivity index (χ2v) is 2.39. The van der Waals surface area contributed by atoms with Crippen molar-refractivity contribution in [3.05, 3.63) is 24.2 Å². The average molecular weight is 170 g/mol. The molecular weight excluding hydrogens is 164 g/mol. The molecule has 0 aliphatic carbocycles. The molecule has 0 fully saturated rings. The van der Waals surface area contributed by atoms with Crippen molar-refractivity contribution in [2.45, 2.75) is 6.42 Å². The fourth-order valence-corrected chi connectivity index (χ4v) is 0.726. The van der Waals surface area contributed by atoms with Crippen molar-refractivity contribution in [3.63, 3.8) is 0 Å². The van der Waals surface area contributed by atoms with Gasteiger partial charge in [-0.15, -0.1) is 0 Å². The number of hydrogen-bond donors (Lipinski definition) is 1. The first-order valence-electron chi connectivity index (χ1n) is 2.98. The first-order chi connectivity index (χ1) is 5.20. The van der Waals surface area contributed by atoms with Crippen molar-refractivity contribution in [1.29, 1.82) is 0 Å². The zero-order chi connectivity index (χ0) is 8.27. The van der Waals surface area contributed by atoms with E-state index >= 15 is 0 Å². The third-order valence-electron chi connectivity index (χ3n) is 1.15. The Hall–Kier alpha value is -1.03. The molecule has 1 heterocycles. The summed E-state index contributed by atoms with van der Waals surface area (Å²) in [6.45, 7) is 0. The second-order valence-electron chi connectivity index (χ2n) is 1.98. The molecule has 58 valence electrons. The SMILES string of the molecule is O=C(S)C(=O)Cc1ccco1. The monoisotopic (exact) mass is 170 g/mol. The van der Waals surface area contributed by atoms with E-state index in [0.29, 0.717) is 5.76 Å². The predicted molar refractivity (Wildman–Crippen MR) is 41.4 cm³/mol. The van der Waals surface area contributed by atoms with Crippen molar-refractivity contribution < 1.29 is 14.0 Å². The van der Waals surface area contributed by atoms with E-state index in [9.17, 15) is 9.59 Å². The maximum Gasteiger partial charge on any atom is 0.252 e. The van der Waals surface area contributed by atoms with Crippen LogP contribution in [0.15, 0.2) is 22.8 Å². The zero-order valence-electron chi connectivity index (χ0n) is 5.61. The lowest BCUT2D eigenvalue weighted by molar-refractivity contribution is -0.131. The molecule has 0 unspecified atom stereocenters. The van der Waals surface area contributed by atoms with Crippen LogP contribution in [0.25, 0.3) is 0 Å². The van der Waals surface area contributed by atoms with Crippen LogP contribution in [0.4, 0.5) is 0 Å². The predicted octanol–water partition coefficient (Wildman–Crippen LogP) is 0.848. The number of ketones is 1. The van der Waals surface area contributed by atoms with Gasteiger partial charge >= 0.3 is 0 Å². The van der Waals surface area contributed by atoms with Gasteiger partial charge < -0.3 is 4.42 Å². The molecule has 0 saturated carbocycles. The number of furan rings is 1. The van der Waals surface area contributed by atoms with Gasteiger partial charge in [0.15, 0.2) is 0 Å². The van der Waals surface area contributed by atoms with Gasteiger partial charge in [0, 0.05) is 0 Å². The lowest BCUT2D eigenvalue weighted by Crippen LogP contribution is -2.09. The highest BCUT2D eigenvalue weighted by Crippen LogP contribution is 2.02. The van der Waals surface area contributed by atoms with Gasteiger partial charge in [-0.05, 0) is 12.1 Å².